The van der Waals surface area contributed by atoms with Gasteiger partial charge in [0.05, 0.1) is 5.56 Å². The van der Waals surface area contributed by atoms with E-state index in [1.165, 1.54) is 6.07 Å². The molecule has 1 aromatic carbocycles. The average molecular weight is 318 g/mol. The van der Waals surface area contributed by atoms with Crippen molar-refractivity contribution in [2.75, 3.05) is 18.9 Å². The van der Waals surface area contributed by atoms with E-state index in [-0.39, 0.29) is 5.69 Å². The minimum Gasteiger partial charge on any atom is -0.444 e. The molecule has 0 spiro atoms. The zero-order chi connectivity index (χ0) is 17.0. The molecule has 0 fully saturated rings. The van der Waals surface area contributed by atoms with E-state index in [9.17, 15) is 18.0 Å². The lowest BCUT2D eigenvalue weighted by molar-refractivity contribution is -0.137. The third-order valence-corrected chi connectivity index (χ3v) is 2.72. The van der Waals surface area contributed by atoms with Crippen LogP contribution in [0.3, 0.4) is 0 Å². The number of rotatable bonds is 4. The summed E-state index contributed by atoms with van der Waals surface area (Å²) in [7, 11) is 1.74. The van der Waals surface area contributed by atoms with Crippen LogP contribution in [0.25, 0.3) is 0 Å². The molecule has 0 saturated heterocycles. The number of alkyl halides is 3. The Kier molecular flexibility index (Phi) is 5.82. The molecule has 2 N–H and O–H groups in total. The number of ether oxygens (including phenoxy) is 1. The van der Waals surface area contributed by atoms with Crippen LogP contribution in [-0.2, 0) is 17.3 Å². The number of nitrogens with one attached hydrogen (secondary N) is 2. The summed E-state index contributed by atoms with van der Waals surface area (Å²) in [5, 5.41) is 5.31. The van der Waals surface area contributed by atoms with Crippen LogP contribution in [0.4, 0.5) is 23.7 Å². The number of carbonyl (C=O) groups is 1. The fourth-order valence-electron chi connectivity index (χ4n) is 1.76. The molecule has 1 aromatic rings. The Morgan fingerprint density at radius 2 is 1.86 bits per heavy atom. The molecule has 0 aromatic heterocycles. The Bertz CT molecular complexity index is 522. The van der Waals surface area contributed by atoms with Gasteiger partial charge >= 0.3 is 12.3 Å². The maximum Gasteiger partial charge on any atom is 0.416 e. The maximum atomic E-state index is 12.8. The molecule has 0 radical (unpaired) electrons. The minimum absolute atomic E-state index is 0.110. The van der Waals surface area contributed by atoms with Crippen LogP contribution < -0.4 is 10.6 Å². The topological polar surface area (TPSA) is 50.4 Å². The van der Waals surface area contributed by atoms with Crippen LogP contribution in [0.1, 0.15) is 31.9 Å². The van der Waals surface area contributed by atoms with Gasteiger partial charge in [-0.05, 0) is 58.5 Å². The van der Waals surface area contributed by atoms with E-state index >= 15 is 0 Å². The van der Waals surface area contributed by atoms with Gasteiger partial charge < -0.3 is 10.1 Å². The number of hydrogen-bond acceptors (Lipinski definition) is 3. The van der Waals surface area contributed by atoms with Crippen LogP contribution in [-0.4, -0.2) is 25.3 Å². The van der Waals surface area contributed by atoms with Gasteiger partial charge in [0.2, 0.25) is 0 Å². The Hall–Kier alpha value is -1.76. The van der Waals surface area contributed by atoms with Gasteiger partial charge in [-0.1, -0.05) is 6.07 Å². The van der Waals surface area contributed by atoms with Crippen molar-refractivity contribution in [2.45, 2.75) is 39.0 Å². The molecular formula is C15H21F3N2O2. The Morgan fingerprint density at radius 3 is 2.36 bits per heavy atom. The highest BCUT2D eigenvalue weighted by atomic mass is 19.4. The second-order valence-electron chi connectivity index (χ2n) is 5.85. The molecule has 0 unspecified atom stereocenters. The second-order valence-corrected chi connectivity index (χ2v) is 5.85. The van der Waals surface area contributed by atoms with Gasteiger partial charge in [0.1, 0.15) is 5.60 Å². The van der Waals surface area contributed by atoms with E-state index in [4.69, 9.17) is 4.74 Å². The molecule has 4 nitrogen and oxygen atoms in total. The summed E-state index contributed by atoms with van der Waals surface area (Å²) in [6, 6.07) is 3.30. The number of hydrogen-bond donors (Lipinski definition) is 2. The van der Waals surface area contributed by atoms with E-state index in [0.717, 1.165) is 12.1 Å². The van der Waals surface area contributed by atoms with Gasteiger partial charge in [0, 0.05) is 5.69 Å². The largest absolute Gasteiger partial charge is 0.444 e. The predicted octanol–water partition coefficient (Wildman–Crippen LogP) is 3.81. The number of anilines is 1. The first-order chi connectivity index (χ1) is 10.0. The molecule has 1 rings (SSSR count). The van der Waals surface area contributed by atoms with Gasteiger partial charge in [-0.25, -0.2) is 4.79 Å². The molecule has 0 aliphatic rings. The lowest BCUT2D eigenvalue weighted by Gasteiger charge is -2.21. The molecule has 0 bridgehead atoms. The molecule has 1 amide bonds. The van der Waals surface area contributed by atoms with Crippen molar-refractivity contribution in [1.29, 1.82) is 0 Å². The molecule has 22 heavy (non-hydrogen) atoms. The quantitative estimate of drug-likeness (QED) is 0.887. The fourth-order valence-corrected chi connectivity index (χ4v) is 1.76. The zero-order valence-corrected chi connectivity index (χ0v) is 13.1. The van der Waals surface area contributed by atoms with Gasteiger partial charge in [0.15, 0.2) is 0 Å². The van der Waals surface area contributed by atoms with Crippen LogP contribution in [0.5, 0.6) is 0 Å². The third kappa shape index (κ3) is 5.93. The molecular weight excluding hydrogens is 297 g/mol. The van der Waals surface area contributed by atoms with E-state index < -0.39 is 23.4 Å². The third-order valence-electron chi connectivity index (χ3n) is 2.72. The number of benzene rings is 1. The smallest absolute Gasteiger partial charge is 0.416 e. The summed E-state index contributed by atoms with van der Waals surface area (Å²) >= 11 is 0. The summed E-state index contributed by atoms with van der Waals surface area (Å²) in [5.41, 5.74) is -0.823. The summed E-state index contributed by atoms with van der Waals surface area (Å²) in [6.45, 7) is 5.62. The monoisotopic (exact) mass is 318 g/mol. The molecule has 7 heteroatoms. The Morgan fingerprint density at radius 1 is 1.23 bits per heavy atom. The summed E-state index contributed by atoms with van der Waals surface area (Å²) in [4.78, 5) is 11.8. The van der Waals surface area contributed by atoms with Crippen LogP contribution in [0.2, 0.25) is 0 Å². The van der Waals surface area contributed by atoms with Crippen molar-refractivity contribution in [3.8, 4) is 0 Å². The average Bonchev–Trinajstić information content (AvgIpc) is 2.33. The predicted molar refractivity (Wildman–Crippen MR) is 78.9 cm³/mol. The van der Waals surface area contributed by atoms with Gasteiger partial charge in [-0.3, -0.25) is 5.32 Å². The zero-order valence-electron chi connectivity index (χ0n) is 13.1. The summed E-state index contributed by atoms with van der Waals surface area (Å²) in [5.74, 6) is 0. The van der Waals surface area contributed by atoms with E-state index in [0.29, 0.717) is 18.5 Å². The highest BCUT2D eigenvalue weighted by molar-refractivity contribution is 5.86. The second kappa shape index (κ2) is 7.00. The molecule has 0 aliphatic heterocycles. The highest BCUT2D eigenvalue weighted by Crippen LogP contribution is 2.32. The van der Waals surface area contributed by atoms with Crippen molar-refractivity contribution >= 4 is 11.8 Å². The molecule has 0 aliphatic carbocycles. The van der Waals surface area contributed by atoms with Crippen LogP contribution in [0, 0.1) is 0 Å². The first-order valence-corrected chi connectivity index (χ1v) is 6.87. The number of likely N-dealkylation sites (N-methyl/N-ethyl adjacent to an activating group) is 1. The fraction of sp³-hybridized carbons (Fsp3) is 0.533. The molecule has 0 atom stereocenters. The van der Waals surface area contributed by atoms with E-state index in [1.807, 2.05) is 0 Å². The lowest BCUT2D eigenvalue weighted by atomic mass is 10.1. The van der Waals surface area contributed by atoms with Crippen molar-refractivity contribution in [1.82, 2.24) is 5.32 Å². The van der Waals surface area contributed by atoms with Crippen LogP contribution in [0.15, 0.2) is 18.2 Å². The van der Waals surface area contributed by atoms with Gasteiger partial charge in [0.25, 0.3) is 0 Å². The van der Waals surface area contributed by atoms with Crippen molar-refractivity contribution in [3.05, 3.63) is 29.3 Å². The Labute approximate surface area is 128 Å². The van der Waals surface area contributed by atoms with E-state index in [2.05, 4.69) is 10.6 Å². The van der Waals surface area contributed by atoms with E-state index in [1.54, 1.807) is 27.8 Å². The highest BCUT2D eigenvalue weighted by Gasteiger charge is 2.31. The first-order valence-electron chi connectivity index (χ1n) is 6.87. The SMILES string of the molecule is CNCCc1ccc(C(F)(F)F)cc1NC(=O)OC(C)(C)C. The van der Waals surface area contributed by atoms with Crippen molar-refractivity contribution in [3.63, 3.8) is 0 Å². The number of carbonyl (C=O) groups excluding carboxylic acids is 1. The van der Waals surface area contributed by atoms with Gasteiger partial charge in [-0.2, -0.15) is 13.2 Å². The standard InChI is InChI=1S/C15H21F3N2O2/c1-14(2,3)22-13(21)20-12-9-11(15(16,17)18)6-5-10(12)7-8-19-4/h5-6,9,19H,7-8H2,1-4H3,(H,20,21). The normalized spacial score (nSPS) is 12.1. The van der Waals surface area contributed by atoms with Crippen LogP contribution >= 0.6 is 0 Å². The Balaban J connectivity index is 3.03. The molecule has 0 saturated carbocycles. The van der Waals surface area contributed by atoms with Crippen molar-refractivity contribution in [2.24, 2.45) is 0 Å². The maximum absolute atomic E-state index is 12.8. The number of halogens is 3. The summed E-state index contributed by atoms with van der Waals surface area (Å²) in [6.07, 6.45) is -4.76. The lowest BCUT2D eigenvalue weighted by Crippen LogP contribution is -2.27. The van der Waals surface area contributed by atoms with Crippen molar-refractivity contribution < 1.29 is 22.7 Å². The summed E-state index contributed by atoms with van der Waals surface area (Å²) < 4.78 is 43.5. The molecule has 0 heterocycles. The minimum atomic E-state index is -4.47. The first kappa shape index (κ1) is 18.3. The van der Waals surface area contributed by atoms with Gasteiger partial charge in [-0.15, -0.1) is 0 Å². The number of amides is 1. The molecule has 124 valence electrons.